The van der Waals surface area contributed by atoms with Gasteiger partial charge in [-0.15, -0.1) is 0 Å². The van der Waals surface area contributed by atoms with Crippen molar-refractivity contribution in [1.29, 1.82) is 0 Å². The summed E-state index contributed by atoms with van der Waals surface area (Å²) in [6, 6.07) is 5.96. The number of anilines is 1. The number of benzene rings is 1. The minimum absolute atomic E-state index is 0.0629. The highest BCUT2D eigenvalue weighted by molar-refractivity contribution is 5.95. The Hall–Kier alpha value is -1.55. The first-order valence-electron chi connectivity index (χ1n) is 7.56. The monoisotopic (exact) mass is 273 g/mol. The van der Waals surface area contributed by atoms with Crippen molar-refractivity contribution < 1.29 is 4.79 Å². The first-order chi connectivity index (χ1) is 9.72. The molecule has 1 fully saturated rings. The Bertz CT molecular complexity index is 500. The number of hydrogen-bond acceptors (Lipinski definition) is 3. The minimum Gasteiger partial charge on any atom is -0.384 e. The van der Waals surface area contributed by atoms with Crippen LogP contribution in [0.3, 0.4) is 0 Å². The maximum absolute atomic E-state index is 12.2. The number of rotatable bonds is 3. The standard InChI is InChI=1S/C16H23N3O/c1-19-8-2-3-12(11-19)10-18-16(20)14-4-5-15-13(9-14)6-7-17-15/h4-5,9,12,17H,2-3,6-8,10-11H2,1H3,(H,18,20). The number of carbonyl (C=O) groups excluding carboxylic acids is 1. The Labute approximate surface area is 120 Å². The van der Waals surface area contributed by atoms with Crippen molar-refractivity contribution in [3.8, 4) is 0 Å². The fourth-order valence-electron chi connectivity index (χ4n) is 3.23. The maximum atomic E-state index is 12.2. The smallest absolute Gasteiger partial charge is 0.251 e. The molecule has 1 aromatic rings. The molecule has 0 bridgehead atoms. The van der Waals surface area contributed by atoms with E-state index in [9.17, 15) is 4.79 Å². The molecule has 0 aromatic heterocycles. The molecule has 108 valence electrons. The molecule has 1 aromatic carbocycles. The third kappa shape index (κ3) is 2.96. The van der Waals surface area contributed by atoms with Gasteiger partial charge in [-0.05, 0) is 62.5 Å². The number of amides is 1. The van der Waals surface area contributed by atoms with Gasteiger partial charge in [0.05, 0.1) is 0 Å². The maximum Gasteiger partial charge on any atom is 0.251 e. The van der Waals surface area contributed by atoms with Crippen LogP contribution < -0.4 is 10.6 Å². The van der Waals surface area contributed by atoms with Gasteiger partial charge in [0, 0.05) is 30.9 Å². The normalized spacial score (nSPS) is 22.1. The molecule has 1 amide bonds. The lowest BCUT2D eigenvalue weighted by Gasteiger charge is -2.29. The van der Waals surface area contributed by atoms with Crippen LogP contribution >= 0.6 is 0 Å². The van der Waals surface area contributed by atoms with Crippen LogP contribution in [0.25, 0.3) is 0 Å². The van der Waals surface area contributed by atoms with Gasteiger partial charge in [-0.25, -0.2) is 0 Å². The lowest BCUT2D eigenvalue weighted by molar-refractivity contribution is 0.0937. The van der Waals surface area contributed by atoms with E-state index < -0.39 is 0 Å². The predicted molar refractivity (Wildman–Crippen MR) is 81.2 cm³/mol. The molecule has 0 saturated carbocycles. The van der Waals surface area contributed by atoms with Crippen LogP contribution in [0, 0.1) is 5.92 Å². The molecule has 1 saturated heterocycles. The second-order valence-corrected chi connectivity index (χ2v) is 6.03. The Balaban J connectivity index is 1.56. The molecule has 2 aliphatic heterocycles. The van der Waals surface area contributed by atoms with Crippen molar-refractivity contribution in [2.24, 2.45) is 5.92 Å². The van der Waals surface area contributed by atoms with Crippen LogP contribution in [0.5, 0.6) is 0 Å². The van der Waals surface area contributed by atoms with Crippen LogP contribution in [-0.2, 0) is 6.42 Å². The van der Waals surface area contributed by atoms with Crippen LogP contribution in [0.15, 0.2) is 18.2 Å². The van der Waals surface area contributed by atoms with Gasteiger partial charge in [0.15, 0.2) is 0 Å². The lowest BCUT2D eigenvalue weighted by Crippen LogP contribution is -2.39. The number of likely N-dealkylation sites (tertiary alicyclic amines) is 1. The molecule has 0 radical (unpaired) electrons. The molecule has 2 N–H and O–H groups in total. The number of hydrogen-bond donors (Lipinski definition) is 2. The number of carbonyl (C=O) groups is 1. The molecule has 0 aliphatic carbocycles. The Morgan fingerprint density at radius 2 is 2.40 bits per heavy atom. The molecule has 4 heteroatoms. The van der Waals surface area contributed by atoms with Gasteiger partial charge in [0.1, 0.15) is 0 Å². The van der Waals surface area contributed by atoms with Gasteiger partial charge in [0.2, 0.25) is 0 Å². The van der Waals surface area contributed by atoms with E-state index in [0.717, 1.165) is 31.6 Å². The summed E-state index contributed by atoms with van der Waals surface area (Å²) in [7, 11) is 2.15. The summed E-state index contributed by atoms with van der Waals surface area (Å²) >= 11 is 0. The SMILES string of the molecule is CN1CCCC(CNC(=O)c2ccc3c(c2)CCN3)C1. The van der Waals surface area contributed by atoms with Crippen LogP contribution in [0.1, 0.15) is 28.8 Å². The largest absolute Gasteiger partial charge is 0.384 e. The number of nitrogens with zero attached hydrogens (tertiary/aromatic N) is 1. The van der Waals surface area contributed by atoms with E-state index in [2.05, 4.69) is 22.6 Å². The first-order valence-corrected chi connectivity index (χ1v) is 7.56. The molecule has 2 aliphatic rings. The van der Waals surface area contributed by atoms with Gasteiger partial charge < -0.3 is 15.5 Å². The van der Waals surface area contributed by atoms with Crippen LogP contribution in [0.2, 0.25) is 0 Å². The number of nitrogens with one attached hydrogen (secondary N) is 2. The van der Waals surface area contributed by atoms with Crippen molar-refractivity contribution in [2.45, 2.75) is 19.3 Å². The second-order valence-electron chi connectivity index (χ2n) is 6.03. The van der Waals surface area contributed by atoms with E-state index in [1.54, 1.807) is 0 Å². The zero-order chi connectivity index (χ0) is 13.9. The first kappa shape index (κ1) is 13.4. The van der Waals surface area contributed by atoms with Crippen molar-refractivity contribution in [1.82, 2.24) is 10.2 Å². The quantitative estimate of drug-likeness (QED) is 0.881. The Morgan fingerprint density at radius 3 is 3.25 bits per heavy atom. The van der Waals surface area contributed by atoms with Crippen molar-refractivity contribution in [3.63, 3.8) is 0 Å². The highest BCUT2D eigenvalue weighted by Crippen LogP contribution is 2.23. The number of piperidine rings is 1. The molecular formula is C16H23N3O. The highest BCUT2D eigenvalue weighted by atomic mass is 16.1. The van der Waals surface area contributed by atoms with E-state index in [1.165, 1.54) is 30.6 Å². The molecule has 0 spiro atoms. The Morgan fingerprint density at radius 1 is 1.50 bits per heavy atom. The zero-order valence-corrected chi connectivity index (χ0v) is 12.1. The van der Waals surface area contributed by atoms with Gasteiger partial charge in [0.25, 0.3) is 5.91 Å². The van der Waals surface area contributed by atoms with Crippen molar-refractivity contribution >= 4 is 11.6 Å². The average Bonchev–Trinajstić information content (AvgIpc) is 2.92. The van der Waals surface area contributed by atoms with Crippen molar-refractivity contribution in [2.75, 3.05) is 38.5 Å². The van der Waals surface area contributed by atoms with Gasteiger partial charge in [-0.2, -0.15) is 0 Å². The average molecular weight is 273 g/mol. The topological polar surface area (TPSA) is 44.4 Å². The Kier molecular flexibility index (Phi) is 3.92. The summed E-state index contributed by atoms with van der Waals surface area (Å²) in [6.07, 6.45) is 3.48. The lowest BCUT2D eigenvalue weighted by atomic mass is 9.98. The highest BCUT2D eigenvalue weighted by Gasteiger charge is 2.18. The van der Waals surface area contributed by atoms with E-state index in [-0.39, 0.29) is 5.91 Å². The molecule has 20 heavy (non-hydrogen) atoms. The molecule has 2 heterocycles. The second kappa shape index (κ2) is 5.83. The third-order valence-corrected chi connectivity index (χ3v) is 4.35. The van der Waals surface area contributed by atoms with Crippen LogP contribution in [0.4, 0.5) is 5.69 Å². The van der Waals surface area contributed by atoms with Crippen LogP contribution in [-0.4, -0.2) is 44.0 Å². The summed E-state index contributed by atoms with van der Waals surface area (Å²) < 4.78 is 0. The fraction of sp³-hybridized carbons (Fsp3) is 0.562. The summed E-state index contributed by atoms with van der Waals surface area (Å²) in [4.78, 5) is 14.6. The van der Waals surface area contributed by atoms with Gasteiger partial charge >= 0.3 is 0 Å². The summed E-state index contributed by atoms with van der Waals surface area (Å²) in [6.45, 7) is 4.05. The zero-order valence-electron chi connectivity index (χ0n) is 12.1. The number of fused-ring (bicyclic) bond motifs is 1. The third-order valence-electron chi connectivity index (χ3n) is 4.35. The van der Waals surface area contributed by atoms with E-state index in [4.69, 9.17) is 0 Å². The summed E-state index contributed by atoms with van der Waals surface area (Å²) in [5.41, 5.74) is 3.22. The minimum atomic E-state index is 0.0629. The molecule has 1 unspecified atom stereocenters. The summed E-state index contributed by atoms with van der Waals surface area (Å²) in [5, 5.41) is 6.41. The van der Waals surface area contributed by atoms with Crippen molar-refractivity contribution in [3.05, 3.63) is 29.3 Å². The van der Waals surface area contributed by atoms with E-state index in [0.29, 0.717) is 5.92 Å². The van der Waals surface area contributed by atoms with Gasteiger partial charge in [-0.1, -0.05) is 0 Å². The molecular weight excluding hydrogens is 250 g/mol. The van der Waals surface area contributed by atoms with E-state index in [1.807, 2.05) is 18.2 Å². The van der Waals surface area contributed by atoms with Gasteiger partial charge in [-0.3, -0.25) is 4.79 Å². The van der Waals surface area contributed by atoms with E-state index >= 15 is 0 Å². The molecule has 4 nitrogen and oxygen atoms in total. The summed E-state index contributed by atoms with van der Waals surface area (Å²) in [5.74, 6) is 0.654. The predicted octanol–water partition coefficient (Wildman–Crippen LogP) is 1.73. The molecule has 3 rings (SSSR count). The fourth-order valence-corrected chi connectivity index (χ4v) is 3.23. The molecule has 1 atom stereocenters.